The minimum Gasteiger partial charge on any atom is -0.399 e. The molecule has 1 aliphatic rings. The zero-order valence-electron chi connectivity index (χ0n) is 22.9. The van der Waals surface area contributed by atoms with E-state index in [0.717, 1.165) is 16.7 Å². The van der Waals surface area contributed by atoms with Gasteiger partial charge in [0.05, 0.1) is 16.8 Å². The Bertz CT molecular complexity index is 1590. The maximum atomic E-state index is 16.1. The molecule has 1 aliphatic heterocycles. The Morgan fingerprint density at radius 3 is 1.45 bits per heavy atom. The number of aromatic nitrogens is 3. The third-order valence-electron chi connectivity index (χ3n) is 7.67. The molecular formula is C33H29BFN3O2. The van der Waals surface area contributed by atoms with E-state index in [2.05, 4.69) is 0 Å². The second-order valence-electron chi connectivity index (χ2n) is 10.9. The van der Waals surface area contributed by atoms with Crippen LogP contribution in [0.5, 0.6) is 0 Å². The molecule has 198 valence electrons. The summed E-state index contributed by atoms with van der Waals surface area (Å²) in [4.78, 5) is 14.2. The predicted molar refractivity (Wildman–Crippen MR) is 157 cm³/mol. The van der Waals surface area contributed by atoms with Crippen molar-refractivity contribution in [3.8, 4) is 45.3 Å². The molecule has 0 atom stereocenters. The van der Waals surface area contributed by atoms with Gasteiger partial charge in [-0.3, -0.25) is 0 Å². The summed E-state index contributed by atoms with van der Waals surface area (Å²) in [5.41, 5.74) is 3.03. The molecular weight excluding hydrogens is 500 g/mol. The summed E-state index contributed by atoms with van der Waals surface area (Å²) in [5.74, 6) is 0.729. The monoisotopic (exact) mass is 529 g/mol. The first-order chi connectivity index (χ1) is 19.2. The third-order valence-corrected chi connectivity index (χ3v) is 7.67. The Morgan fingerprint density at radius 1 is 0.550 bits per heavy atom. The molecule has 1 saturated heterocycles. The van der Waals surface area contributed by atoms with Crippen molar-refractivity contribution in [3.63, 3.8) is 0 Å². The normalized spacial score (nSPS) is 15.8. The first kappa shape index (κ1) is 26.0. The number of rotatable bonds is 5. The summed E-state index contributed by atoms with van der Waals surface area (Å²) in [7, 11) is -0.705. The van der Waals surface area contributed by atoms with E-state index in [1.165, 1.54) is 6.07 Å². The molecule has 0 bridgehead atoms. The highest BCUT2D eigenvalue weighted by Crippen LogP contribution is 2.38. The van der Waals surface area contributed by atoms with Crippen LogP contribution in [0.25, 0.3) is 45.3 Å². The molecule has 5 aromatic rings. The molecule has 1 aromatic heterocycles. The standard InChI is InChI=1S/C33H29BFN3O2/c1-32(2)33(3,4)40-34(39-32)27-20-26(28(35)21-25(27)22-14-8-5-9-15-22)31-37-29(23-16-10-6-11-17-23)36-30(38-31)24-18-12-7-13-19-24/h5-21H,1-4H3. The quantitative estimate of drug-likeness (QED) is 0.230. The first-order valence-corrected chi connectivity index (χ1v) is 13.3. The van der Waals surface area contributed by atoms with Gasteiger partial charge in [0.2, 0.25) is 0 Å². The molecule has 0 radical (unpaired) electrons. The highest BCUT2D eigenvalue weighted by atomic mass is 19.1. The van der Waals surface area contributed by atoms with Gasteiger partial charge >= 0.3 is 7.12 Å². The Kier molecular flexibility index (Phi) is 6.57. The zero-order chi connectivity index (χ0) is 27.9. The van der Waals surface area contributed by atoms with Crippen LogP contribution in [-0.4, -0.2) is 33.3 Å². The fourth-order valence-electron chi connectivity index (χ4n) is 4.72. The lowest BCUT2D eigenvalue weighted by molar-refractivity contribution is 0.00578. The van der Waals surface area contributed by atoms with Crippen molar-refractivity contribution < 1.29 is 13.7 Å². The highest BCUT2D eigenvalue weighted by molar-refractivity contribution is 6.64. The van der Waals surface area contributed by atoms with E-state index >= 15 is 4.39 Å². The summed E-state index contributed by atoms with van der Waals surface area (Å²) in [6.45, 7) is 8.02. The maximum Gasteiger partial charge on any atom is 0.495 e. The van der Waals surface area contributed by atoms with Gasteiger partial charge in [-0.15, -0.1) is 0 Å². The van der Waals surface area contributed by atoms with Crippen LogP contribution < -0.4 is 5.46 Å². The van der Waals surface area contributed by atoms with Crippen LogP contribution in [0.3, 0.4) is 0 Å². The van der Waals surface area contributed by atoms with Crippen LogP contribution in [0.15, 0.2) is 103 Å². The fraction of sp³-hybridized carbons (Fsp3) is 0.182. The first-order valence-electron chi connectivity index (χ1n) is 13.3. The number of nitrogens with zero attached hydrogens (tertiary/aromatic N) is 3. The van der Waals surface area contributed by atoms with Crippen LogP contribution in [-0.2, 0) is 9.31 Å². The molecule has 0 aliphatic carbocycles. The second kappa shape index (κ2) is 10.1. The van der Waals surface area contributed by atoms with E-state index in [0.29, 0.717) is 22.7 Å². The number of benzene rings is 4. The largest absolute Gasteiger partial charge is 0.495 e. The smallest absolute Gasteiger partial charge is 0.399 e. The summed E-state index contributed by atoms with van der Waals surface area (Å²) in [6.07, 6.45) is 0. The number of hydrogen-bond acceptors (Lipinski definition) is 5. The summed E-state index contributed by atoms with van der Waals surface area (Å²) in [6, 6.07) is 32.3. The zero-order valence-corrected chi connectivity index (χ0v) is 22.9. The van der Waals surface area contributed by atoms with Gasteiger partial charge in [0, 0.05) is 11.1 Å². The molecule has 0 N–H and O–H groups in total. The Balaban J connectivity index is 1.56. The van der Waals surface area contributed by atoms with Gasteiger partial charge in [0.15, 0.2) is 17.5 Å². The molecule has 6 rings (SSSR count). The van der Waals surface area contributed by atoms with Crippen LogP contribution in [0.1, 0.15) is 27.7 Å². The van der Waals surface area contributed by atoms with Crippen molar-refractivity contribution in [1.82, 2.24) is 15.0 Å². The van der Waals surface area contributed by atoms with Gasteiger partial charge in [-0.2, -0.15) is 0 Å². The Hall–Kier alpha value is -4.20. The molecule has 2 heterocycles. The average molecular weight is 529 g/mol. The van der Waals surface area contributed by atoms with E-state index in [-0.39, 0.29) is 11.4 Å². The Labute approximate surface area is 234 Å². The van der Waals surface area contributed by atoms with Crippen molar-refractivity contribution in [3.05, 3.63) is 109 Å². The Morgan fingerprint density at radius 2 is 0.975 bits per heavy atom. The van der Waals surface area contributed by atoms with Crippen LogP contribution in [0.4, 0.5) is 4.39 Å². The van der Waals surface area contributed by atoms with Crippen molar-refractivity contribution in [2.24, 2.45) is 0 Å². The van der Waals surface area contributed by atoms with E-state index in [4.69, 9.17) is 24.3 Å². The van der Waals surface area contributed by atoms with E-state index < -0.39 is 24.1 Å². The molecule has 0 spiro atoms. The highest BCUT2D eigenvalue weighted by Gasteiger charge is 2.52. The summed E-state index contributed by atoms with van der Waals surface area (Å²) < 4.78 is 28.9. The fourth-order valence-corrected chi connectivity index (χ4v) is 4.72. The molecule has 5 nitrogen and oxygen atoms in total. The SMILES string of the molecule is CC1(C)OB(c2cc(-c3nc(-c4ccccc4)nc(-c4ccccc4)n3)c(F)cc2-c2ccccc2)OC1(C)C. The van der Waals surface area contributed by atoms with E-state index in [1.54, 1.807) is 6.07 Å². The van der Waals surface area contributed by atoms with E-state index in [9.17, 15) is 0 Å². The van der Waals surface area contributed by atoms with Gasteiger partial charge < -0.3 is 9.31 Å². The van der Waals surface area contributed by atoms with Crippen molar-refractivity contribution in [1.29, 1.82) is 0 Å². The molecule has 7 heteroatoms. The van der Waals surface area contributed by atoms with Crippen LogP contribution >= 0.6 is 0 Å². The summed E-state index contributed by atoms with van der Waals surface area (Å²) >= 11 is 0. The van der Waals surface area contributed by atoms with Crippen molar-refractivity contribution >= 4 is 12.6 Å². The van der Waals surface area contributed by atoms with E-state index in [1.807, 2.05) is 119 Å². The van der Waals surface area contributed by atoms with Gasteiger partial charge in [0.1, 0.15) is 5.82 Å². The van der Waals surface area contributed by atoms with Gasteiger partial charge in [-0.05, 0) is 56.4 Å². The lowest BCUT2D eigenvalue weighted by Crippen LogP contribution is -2.41. The lowest BCUT2D eigenvalue weighted by Gasteiger charge is -2.32. The topological polar surface area (TPSA) is 57.1 Å². The van der Waals surface area contributed by atoms with Gasteiger partial charge in [-0.1, -0.05) is 91.0 Å². The molecule has 0 amide bonds. The predicted octanol–water partition coefficient (Wildman–Crippen LogP) is 6.98. The minimum absolute atomic E-state index is 0.239. The van der Waals surface area contributed by atoms with Crippen molar-refractivity contribution in [2.75, 3.05) is 0 Å². The van der Waals surface area contributed by atoms with Crippen LogP contribution in [0.2, 0.25) is 0 Å². The molecule has 0 unspecified atom stereocenters. The molecule has 1 fully saturated rings. The number of hydrogen-bond donors (Lipinski definition) is 0. The minimum atomic E-state index is -0.705. The number of halogens is 1. The average Bonchev–Trinajstić information content (AvgIpc) is 3.20. The third kappa shape index (κ3) is 4.83. The van der Waals surface area contributed by atoms with Gasteiger partial charge in [-0.25, -0.2) is 19.3 Å². The lowest BCUT2D eigenvalue weighted by atomic mass is 9.73. The van der Waals surface area contributed by atoms with Crippen molar-refractivity contribution in [2.45, 2.75) is 38.9 Å². The molecule has 40 heavy (non-hydrogen) atoms. The molecule has 0 saturated carbocycles. The van der Waals surface area contributed by atoms with Gasteiger partial charge in [0.25, 0.3) is 0 Å². The molecule has 4 aromatic carbocycles. The maximum absolute atomic E-state index is 16.1. The summed E-state index contributed by atoms with van der Waals surface area (Å²) in [5, 5.41) is 0. The second-order valence-corrected chi connectivity index (χ2v) is 10.9. The van der Waals surface area contributed by atoms with Crippen LogP contribution in [0, 0.1) is 5.82 Å².